The lowest BCUT2D eigenvalue weighted by molar-refractivity contribution is -0.0534. The van der Waals surface area contributed by atoms with Crippen molar-refractivity contribution in [3.8, 4) is 5.88 Å². The van der Waals surface area contributed by atoms with Crippen molar-refractivity contribution in [1.82, 2.24) is 4.98 Å². The van der Waals surface area contributed by atoms with Crippen molar-refractivity contribution in [3.63, 3.8) is 0 Å². The van der Waals surface area contributed by atoms with Gasteiger partial charge in [0.05, 0.1) is 3.57 Å². The summed E-state index contributed by atoms with van der Waals surface area (Å²) in [5, 5.41) is 0. The number of aromatic nitrogens is 1. The molecule has 0 saturated carbocycles. The second-order valence-electron chi connectivity index (χ2n) is 1.67. The molecule has 0 aliphatic heterocycles. The Balaban J connectivity index is 2.78. The molecule has 0 aromatic carbocycles. The molecule has 1 heterocycles. The Morgan fingerprint density at radius 2 is 2.27 bits per heavy atom. The van der Waals surface area contributed by atoms with Gasteiger partial charge in [0, 0.05) is 6.20 Å². The van der Waals surface area contributed by atoms with Crippen LogP contribution in [0.2, 0.25) is 0 Å². The number of alkyl halides is 2. The third-order valence-electron chi connectivity index (χ3n) is 0.925. The molecular weight excluding hydrogens is 267 g/mol. The third-order valence-corrected chi connectivity index (χ3v) is 1.75. The third kappa shape index (κ3) is 2.57. The Morgan fingerprint density at radius 3 is 2.82 bits per heavy atom. The van der Waals surface area contributed by atoms with Crippen molar-refractivity contribution in [1.29, 1.82) is 0 Å². The Kier molecular flexibility index (Phi) is 2.98. The molecule has 1 aromatic rings. The maximum absolute atomic E-state index is 11.6. The molecule has 11 heavy (non-hydrogen) atoms. The molecule has 1 aromatic heterocycles. The average Bonchev–Trinajstić information content (AvgIpc) is 1.93. The van der Waals surface area contributed by atoms with Crippen LogP contribution in [0.15, 0.2) is 18.3 Å². The van der Waals surface area contributed by atoms with E-state index in [0.717, 1.165) is 0 Å². The smallest absolute Gasteiger partial charge is 0.388 e. The average molecular weight is 271 g/mol. The minimum absolute atomic E-state index is 0.0249. The molecule has 0 atom stereocenters. The van der Waals surface area contributed by atoms with Crippen LogP contribution in [0.4, 0.5) is 8.78 Å². The van der Waals surface area contributed by atoms with Crippen LogP contribution < -0.4 is 4.74 Å². The summed E-state index contributed by atoms with van der Waals surface area (Å²) in [6.07, 6.45) is 1.40. The summed E-state index contributed by atoms with van der Waals surface area (Å²) in [4.78, 5) is 3.61. The molecule has 0 aliphatic carbocycles. The molecule has 0 bridgehead atoms. The maximum Gasteiger partial charge on any atom is 0.388 e. The Hall–Kier alpha value is -0.460. The van der Waals surface area contributed by atoms with Crippen molar-refractivity contribution in [2.24, 2.45) is 0 Å². The highest BCUT2D eigenvalue weighted by Crippen LogP contribution is 2.17. The number of rotatable bonds is 2. The van der Waals surface area contributed by atoms with E-state index >= 15 is 0 Å². The van der Waals surface area contributed by atoms with Crippen molar-refractivity contribution >= 4 is 22.6 Å². The summed E-state index contributed by atoms with van der Waals surface area (Å²) in [6, 6.07) is 3.30. The van der Waals surface area contributed by atoms with Gasteiger partial charge in [0.15, 0.2) is 0 Å². The molecule has 60 valence electrons. The molecule has 0 fully saturated rings. The van der Waals surface area contributed by atoms with E-state index in [-0.39, 0.29) is 5.88 Å². The highest BCUT2D eigenvalue weighted by atomic mass is 127. The van der Waals surface area contributed by atoms with Gasteiger partial charge in [0.1, 0.15) is 0 Å². The summed E-state index contributed by atoms with van der Waals surface area (Å²) in [5.41, 5.74) is 0. The van der Waals surface area contributed by atoms with Gasteiger partial charge in [0.25, 0.3) is 0 Å². The normalized spacial score (nSPS) is 10.2. The van der Waals surface area contributed by atoms with E-state index in [2.05, 4.69) is 9.72 Å². The van der Waals surface area contributed by atoms with E-state index in [1.807, 2.05) is 22.6 Å². The summed E-state index contributed by atoms with van der Waals surface area (Å²) in [6.45, 7) is -2.81. The zero-order valence-corrected chi connectivity index (χ0v) is 7.46. The van der Waals surface area contributed by atoms with E-state index in [1.54, 1.807) is 12.1 Å². The minimum Gasteiger partial charge on any atom is -0.416 e. The molecule has 5 heteroatoms. The fraction of sp³-hybridized carbons (Fsp3) is 0.167. The molecule has 0 saturated heterocycles. The molecule has 0 unspecified atom stereocenters. The number of hydrogen-bond acceptors (Lipinski definition) is 2. The quantitative estimate of drug-likeness (QED) is 0.770. The van der Waals surface area contributed by atoms with Crippen LogP contribution in [0.5, 0.6) is 5.88 Å². The zero-order chi connectivity index (χ0) is 8.27. The van der Waals surface area contributed by atoms with Gasteiger partial charge in [-0.3, -0.25) is 0 Å². The first kappa shape index (κ1) is 8.63. The number of nitrogens with zero attached hydrogens (tertiary/aromatic N) is 1. The van der Waals surface area contributed by atoms with E-state index in [1.165, 1.54) is 6.20 Å². The van der Waals surface area contributed by atoms with Gasteiger partial charge in [-0.2, -0.15) is 8.78 Å². The van der Waals surface area contributed by atoms with Gasteiger partial charge in [0.2, 0.25) is 5.88 Å². The van der Waals surface area contributed by atoms with E-state index in [9.17, 15) is 8.78 Å². The molecule has 0 aliphatic rings. The summed E-state index contributed by atoms with van der Waals surface area (Å²) >= 11 is 1.87. The number of ether oxygens (including phenoxy) is 1. The predicted molar refractivity (Wildman–Crippen MR) is 43.6 cm³/mol. The van der Waals surface area contributed by atoms with Crippen molar-refractivity contribution < 1.29 is 13.5 Å². The van der Waals surface area contributed by atoms with Crippen molar-refractivity contribution in [2.75, 3.05) is 0 Å². The second kappa shape index (κ2) is 3.80. The lowest BCUT2D eigenvalue weighted by Crippen LogP contribution is -2.04. The van der Waals surface area contributed by atoms with Gasteiger partial charge in [-0.15, -0.1) is 0 Å². The molecule has 0 spiro atoms. The monoisotopic (exact) mass is 271 g/mol. The van der Waals surface area contributed by atoms with Crippen LogP contribution in [0.25, 0.3) is 0 Å². The lowest BCUT2D eigenvalue weighted by atomic mass is 10.5. The first-order chi connectivity index (χ1) is 5.20. The van der Waals surface area contributed by atoms with E-state index in [0.29, 0.717) is 3.57 Å². The van der Waals surface area contributed by atoms with Gasteiger partial charge in [-0.1, -0.05) is 0 Å². The highest BCUT2D eigenvalue weighted by Gasteiger charge is 2.07. The van der Waals surface area contributed by atoms with E-state index in [4.69, 9.17) is 0 Å². The van der Waals surface area contributed by atoms with Crippen LogP contribution in [0, 0.1) is 3.57 Å². The molecule has 0 N–H and O–H groups in total. The molecule has 0 radical (unpaired) electrons. The second-order valence-corrected chi connectivity index (χ2v) is 2.83. The topological polar surface area (TPSA) is 22.1 Å². The number of hydrogen-bond donors (Lipinski definition) is 0. The highest BCUT2D eigenvalue weighted by molar-refractivity contribution is 14.1. The first-order valence-corrected chi connectivity index (χ1v) is 3.83. The van der Waals surface area contributed by atoms with Crippen LogP contribution in [0.1, 0.15) is 0 Å². The van der Waals surface area contributed by atoms with Crippen LogP contribution in [0.3, 0.4) is 0 Å². The summed E-state index contributed by atoms with van der Waals surface area (Å²) < 4.78 is 27.9. The Morgan fingerprint density at radius 1 is 1.55 bits per heavy atom. The molecule has 0 amide bonds. The molecule has 2 nitrogen and oxygen atoms in total. The fourth-order valence-corrected chi connectivity index (χ4v) is 1.02. The fourth-order valence-electron chi connectivity index (χ4n) is 0.542. The Bertz CT molecular complexity index is 244. The zero-order valence-electron chi connectivity index (χ0n) is 5.30. The van der Waals surface area contributed by atoms with Crippen molar-refractivity contribution in [3.05, 3.63) is 21.9 Å². The number of pyridine rings is 1. The SMILES string of the molecule is FC(F)Oc1ncccc1I. The largest absolute Gasteiger partial charge is 0.416 e. The van der Waals surface area contributed by atoms with E-state index < -0.39 is 6.61 Å². The van der Waals surface area contributed by atoms with Gasteiger partial charge in [-0.05, 0) is 34.7 Å². The maximum atomic E-state index is 11.6. The summed E-state index contributed by atoms with van der Waals surface area (Å²) in [7, 11) is 0. The first-order valence-electron chi connectivity index (χ1n) is 2.75. The predicted octanol–water partition coefficient (Wildman–Crippen LogP) is 2.29. The standard InChI is InChI=1S/C6H4F2INO/c7-6(8)11-5-4(9)2-1-3-10-5/h1-3,6H. The summed E-state index contributed by atoms with van der Waals surface area (Å²) in [5.74, 6) is -0.0249. The van der Waals surface area contributed by atoms with Crippen LogP contribution >= 0.6 is 22.6 Å². The van der Waals surface area contributed by atoms with Crippen LogP contribution in [-0.4, -0.2) is 11.6 Å². The van der Waals surface area contributed by atoms with Gasteiger partial charge in [-0.25, -0.2) is 4.98 Å². The minimum atomic E-state index is -2.81. The van der Waals surface area contributed by atoms with Crippen LogP contribution in [-0.2, 0) is 0 Å². The molecular formula is C6H4F2INO. The molecule has 1 rings (SSSR count). The van der Waals surface area contributed by atoms with Crippen molar-refractivity contribution in [2.45, 2.75) is 6.61 Å². The Labute approximate surface area is 75.7 Å². The van der Waals surface area contributed by atoms with Gasteiger partial charge >= 0.3 is 6.61 Å². The number of halogens is 3. The lowest BCUT2D eigenvalue weighted by Gasteiger charge is -2.03. The van der Waals surface area contributed by atoms with Gasteiger partial charge < -0.3 is 4.74 Å².